The van der Waals surface area contributed by atoms with Crippen LogP contribution >= 0.6 is 0 Å². The van der Waals surface area contributed by atoms with Gasteiger partial charge in [-0.05, 0) is 49.9 Å². The number of ether oxygens (including phenoxy) is 1. The molecule has 0 saturated carbocycles. The fourth-order valence-corrected chi connectivity index (χ4v) is 1.83. The zero-order chi connectivity index (χ0) is 14.6. The SMILES string of the molecule is CCCCC/C=C/CCCOc1ccc(C(=O)O)cc1. The second-order valence-corrected chi connectivity index (χ2v) is 4.79. The van der Waals surface area contributed by atoms with E-state index in [-0.39, 0.29) is 5.56 Å². The van der Waals surface area contributed by atoms with Crippen LogP contribution in [0.15, 0.2) is 36.4 Å². The van der Waals surface area contributed by atoms with Gasteiger partial charge in [-0.1, -0.05) is 31.9 Å². The molecule has 1 aromatic rings. The largest absolute Gasteiger partial charge is 0.494 e. The Kier molecular flexibility index (Phi) is 8.20. The van der Waals surface area contributed by atoms with Gasteiger partial charge >= 0.3 is 5.97 Å². The first-order valence-corrected chi connectivity index (χ1v) is 7.35. The summed E-state index contributed by atoms with van der Waals surface area (Å²) in [6.07, 6.45) is 11.5. The summed E-state index contributed by atoms with van der Waals surface area (Å²) in [7, 11) is 0. The van der Waals surface area contributed by atoms with E-state index in [2.05, 4.69) is 19.1 Å². The summed E-state index contributed by atoms with van der Waals surface area (Å²) in [4.78, 5) is 10.7. The van der Waals surface area contributed by atoms with Gasteiger partial charge in [-0.15, -0.1) is 0 Å². The van der Waals surface area contributed by atoms with Crippen LogP contribution in [0.3, 0.4) is 0 Å². The van der Waals surface area contributed by atoms with Crippen LogP contribution < -0.4 is 4.74 Å². The number of hydrogen-bond donors (Lipinski definition) is 1. The first-order valence-electron chi connectivity index (χ1n) is 7.35. The second kappa shape index (κ2) is 10.1. The average molecular weight is 276 g/mol. The van der Waals surface area contributed by atoms with E-state index in [0.717, 1.165) is 18.6 Å². The molecule has 0 bridgehead atoms. The molecule has 110 valence electrons. The van der Waals surface area contributed by atoms with Gasteiger partial charge in [0, 0.05) is 0 Å². The van der Waals surface area contributed by atoms with Gasteiger partial charge in [-0.25, -0.2) is 4.79 Å². The van der Waals surface area contributed by atoms with Crippen molar-refractivity contribution in [1.82, 2.24) is 0 Å². The Labute approximate surface area is 121 Å². The maximum atomic E-state index is 10.7. The summed E-state index contributed by atoms with van der Waals surface area (Å²) in [5.41, 5.74) is 0.285. The highest BCUT2D eigenvalue weighted by molar-refractivity contribution is 5.87. The molecule has 0 unspecified atom stereocenters. The molecule has 0 aliphatic rings. The fourth-order valence-electron chi connectivity index (χ4n) is 1.83. The molecule has 0 atom stereocenters. The van der Waals surface area contributed by atoms with Crippen molar-refractivity contribution < 1.29 is 14.6 Å². The molecule has 0 fully saturated rings. The number of aromatic carboxylic acids is 1. The number of carboxylic acid groups (broad SMARTS) is 1. The van der Waals surface area contributed by atoms with E-state index in [1.54, 1.807) is 24.3 Å². The second-order valence-electron chi connectivity index (χ2n) is 4.79. The van der Waals surface area contributed by atoms with Crippen LogP contribution in [0.25, 0.3) is 0 Å². The third kappa shape index (κ3) is 6.98. The summed E-state index contributed by atoms with van der Waals surface area (Å²) >= 11 is 0. The molecule has 3 heteroatoms. The molecule has 0 aliphatic carbocycles. The van der Waals surface area contributed by atoms with Gasteiger partial charge in [-0.2, -0.15) is 0 Å². The molecule has 3 nitrogen and oxygen atoms in total. The first kappa shape index (κ1) is 16.3. The third-order valence-electron chi connectivity index (χ3n) is 3.03. The third-order valence-corrected chi connectivity index (χ3v) is 3.03. The normalized spacial score (nSPS) is 10.8. The lowest BCUT2D eigenvalue weighted by Gasteiger charge is -2.05. The van der Waals surface area contributed by atoms with Gasteiger partial charge in [-0.3, -0.25) is 0 Å². The van der Waals surface area contributed by atoms with Gasteiger partial charge in [0.1, 0.15) is 5.75 Å². The van der Waals surface area contributed by atoms with Crippen molar-refractivity contribution in [2.75, 3.05) is 6.61 Å². The lowest BCUT2D eigenvalue weighted by molar-refractivity contribution is 0.0697. The van der Waals surface area contributed by atoms with Crippen molar-refractivity contribution in [3.8, 4) is 5.75 Å². The van der Waals surface area contributed by atoms with Gasteiger partial charge in [0.25, 0.3) is 0 Å². The van der Waals surface area contributed by atoms with Crippen LogP contribution in [0.1, 0.15) is 55.8 Å². The lowest BCUT2D eigenvalue weighted by atomic mass is 10.2. The quantitative estimate of drug-likeness (QED) is 0.498. The van der Waals surface area contributed by atoms with Gasteiger partial charge < -0.3 is 9.84 Å². The van der Waals surface area contributed by atoms with Crippen LogP contribution in [-0.2, 0) is 0 Å². The smallest absolute Gasteiger partial charge is 0.335 e. The highest BCUT2D eigenvalue weighted by Crippen LogP contribution is 2.12. The van der Waals surface area contributed by atoms with Crippen LogP contribution in [0.4, 0.5) is 0 Å². The van der Waals surface area contributed by atoms with Gasteiger partial charge in [0.05, 0.1) is 12.2 Å². The number of carbonyl (C=O) groups is 1. The monoisotopic (exact) mass is 276 g/mol. The molecule has 0 aliphatic heterocycles. The van der Waals surface area contributed by atoms with E-state index in [9.17, 15) is 4.79 Å². The highest BCUT2D eigenvalue weighted by atomic mass is 16.5. The Morgan fingerprint density at radius 1 is 1.10 bits per heavy atom. The Morgan fingerprint density at radius 3 is 2.35 bits per heavy atom. The van der Waals surface area contributed by atoms with E-state index in [1.165, 1.54) is 25.7 Å². The van der Waals surface area contributed by atoms with E-state index in [1.807, 2.05) is 0 Å². The number of allylic oxidation sites excluding steroid dienone is 2. The minimum absolute atomic E-state index is 0.285. The van der Waals surface area contributed by atoms with Crippen LogP contribution in [0.2, 0.25) is 0 Å². The van der Waals surface area contributed by atoms with Crippen molar-refractivity contribution in [2.24, 2.45) is 0 Å². The number of rotatable bonds is 10. The van der Waals surface area contributed by atoms with Crippen molar-refractivity contribution in [3.63, 3.8) is 0 Å². The zero-order valence-corrected chi connectivity index (χ0v) is 12.2. The Hall–Kier alpha value is -1.77. The topological polar surface area (TPSA) is 46.5 Å². The maximum absolute atomic E-state index is 10.7. The fraction of sp³-hybridized carbons (Fsp3) is 0.471. The lowest BCUT2D eigenvalue weighted by Crippen LogP contribution is -1.98. The Morgan fingerprint density at radius 2 is 1.75 bits per heavy atom. The van der Waals surface area contributed by atoms with E-state index in [4.69, 9.17) is 9.84 Å². The summed E-state index contributed by atoms with van der Waals surface area (Å²) in [6, 6.07) is 6.52. The number of hydrogen-bond acceptors (Lipinski definition) is 2. The molecule has 0 aromatic heterocycles. The number of benzene rings is 1. The maximum Gasteiger partial charge on any atom is 0.335 e. The summed E-state index contributed by atoms with van der Waals surface area (Å²) < 4.78 is 5.56. The first-order chi connectivity index (χ1) is 9.74. The average Bonchev–Trinajstić information content (AvgIpc) is 2.46. The summed E-state index contributed by atoms with van der Waals surface area (Å²) in [6.45, 7) is 2.87. The number of unbranched alkanes of at least 4 members (excludes halogenated alkanes) is 4. The van der Waals surface area contributed by atoms with Crippen molar-refractivity contribution >= 4 is 5.97 Å². The number of carboxylic acids is 1. The van der Waals surface area contributed by atoms with E-state index >= 15 is 0 Å². The van der Waals surface area contributed by atoms with Crippen LogP contribution in [-0.4, -0.2) is 17.7 Å². The molecule has 0 saturated heterocycles. The van der Waals surface area contributed by atoms with Crippen molar-refractivity contribution in [3.05, 3.63) is 42.0 Å². The summed E-state index contributed by atoms with van der Waals surface area (Å²) in [5.74, 6) is -0.188. The highest BCUT2D eigenvalue weighted by Gasteiger charge is 2.01. The molecular formula is C17H24O3. The minimum atomic E-state index is -0.912. The van der Waals surface area contributed by atoms with Gasteiger partial charge in [0.2, 0.25) is 0 Å². The minimum Gasteiger partial charge on any atom is -0.494 e. The molecule has 1 rings (SSSR count). The molecule has 0 heterocycles. The predicted molar refractivity (Wildman–Crippen MR) is 81.4 cm³/mol. The predicted octanol–water partition coefficient (Wildman–Crippen LogP) is 4.68. The molecule has 0 spiro atoms. The molecule has 1 N–H and O–H groups in total. The molecule has 0 amide bonds. The van der Waals surface area contributed by atoms with Crippen molar-refractivity contribution in [1.29, 1.82) is 0 Å². The Balaban J connectivity index is 2.10. The van der Waals surface area contributed by atoms with Crippen molar-refractivity contribution in [2.45, 2.75) is 45.4 Å². The van der Waals surface area contributed by atoms with Crippen LogP contribution in [0.5, 0.6) is 5.75 Å². The molecule has 1 aromatic carbocycles. The zero-order valence-electron chi connectivity index (χ0n) is 12.2. The molecular weight excluding hydrogens is 252 g/mol. The van der Waals surface area contributed by atoms with E-state index < -0.39 is 5.97 Å². The van der Waals surface area contributed by atoms with Gasteiger partial charge in [0.15, 0.2) is 0 Å². The van der Waals surface area contributed by atoms with Crippen LogP contribution in [0, 0.1) is 0 Å². The van der Waals surface area contributed by atoms with E-state index in [0.29, 0.717) is 6.61 Å². The summed E-state index contributed by atoms with van der Waals surface area (Å²) in [5, 5.41) is 8.78. The standard InChI is InChI=1S/C17H24O3/c1-2-3-4-5-6-7-8-9-14-20-16-12-10-15(11-13-16)17(18)19/h6-7,10-13H,2-5,8-9,14H2,1H3,(H,18,19)/b7-6+. The molecule has 0 radical (unpaired) electrons. The Bertz CT molecular complexity index is 407. The molecule has 20 heavy (non-hydrogen) atoms.